The molecule has 0 aliphatic carbocycles. The van der Waals surface area contributed by atoms with Gasteiger partial charge < -0.3 is 15.0 Å². The predicted octanol–water partition coefficient (Wildman–Crippen LogP) is 3.81. The molecule has 1 saturated heterocycles. The molecule has 1 fully saturated rings. The molecule has 6 heteroatoms. The molecule has 0 atom stereocenters. The largest absolute Gasteiger partial charge is 0.450 e. The molecule has 4 nitrogen and oxygen atoms in total. The fourth-order valence-corrected chi connectivity index (χ4v) is 2.84. The molecule has 0 bridgehead atoms. The van der Waals surface area contributed by atoms with Crippen LogP contribution < -0.4 is 5.32 Å². The van der Waals surface area contributed by atoms with Gasteiger partial charge in [-0.2, -0.15) is 0 Å². The van der Waals surface area contributed by atoms with Gasteiger partial charge in [-0.1, -0.05) is 17.7 Å². The zero-order chi connectivity index (χ0) is 15.2. The zero-order valence-corrected chi connectivity index (χ0v) is 14.4. The van der Waals surface area contributed by atoms with Crippen molar-refractivity contribution < 1.29 is 9.53 Å². The van der Waals surface area contributed by atoms with Crippen molar-refractivity contribution in [3.8, 4) is 0 Å². The van der Waals surface area contributed by atoms with E-state index < -0.39 is 0 Å². The van der Waals surface area contributed by atoms with Crippen LogP contribution >= 0.6 is 27.5 Å². The molecule has 0 spiro atoms. The van der Waals surface area contributed by atoms with Gasteiger partial charge in [0.1, 0.15) is 0 Å². The van der Waals surface area contributed by atoms with Gasteiger partial charge in [-0.05, 0) is 53.4 Å². The fraction of sp³-hybridized carbons (Fsp3) is 0.533. The number of nitrogens with one attached hydrogen (secondary N) is 1. The van der Waals surface area contributed by atoms with Gasteiger partial charge in [0.05, 0.1) is 11.6 Å². The van der Waals surface area contributed by atoms with Crippen LogP contribution in [0.25, 0.3) is 0 Å². The van der Waals surface area contributed by atoms with E-state index >= 15 is 0 Å². The van der Waals surface area contributed by atoms with Gasteiger partial charge in [-0.3, -0.25) is 0 Å². The number of piperidine rings is 1. The van der Waals surface area contributed by atoms with E-state index in [-0.39, 0.29) is 6.09 Å². The summed E-state index contributed by atoms with van der Waals surface area (Å²) in [6.45, 7) is 4.54. The van der Waals surface area contributed by atoms with E-state index in [1.165, 1.54) is 0 Å². The molecule has 1 aliphatic rings. The van der Waals surface area contributed by atoms with Crippen molar-refractivity contribution in [1.82, 2.24) is 10.2 Å². The van der Waals surface area contributed by atoms with Gasteiger partial charge in [-0.15, -0.1) is 0 Å². The molecule has 0 radical (unpaired) electrons. The maximum atomic E-state index is 11.6. The van der Waals surface area contributed by atoms with E-state index in [4.69, 9.17) is 16.3 Å². The monoisotopic (exact) mass is 374 g/mol. The topological polar surface area (TPSA) is 41.6 Å². The Kier molecular flexibility index (Phi) is 6.33. The van der Waals surface area contributed by atoms with E-state index in [9.17, 15) is 4.79 Å². The van der Waals surface area contributed by atoms with Crippen LogP contribution in [-0.2, 0) is 11.3 Å². The van der Waals surface area contributed by atoms with Crippen molar-refractivity contribution in [1.29, 1.82) is 0 Å². The lowest BCUT2D eigenvalue weighted by Gasteiger charge is -2.31. The Morgan fingerprint density at radius 2 is 2.19 bits per heavy atom. The number of amides is 1. The molecular formula is C15H20BrClN2O2. The van der Waals surface area contributed by atoms with Crippen molar-refractivity contribution in [2.24, 2.45) is 0 Å². The number of nitrogens with zero attached hydrogens (tertiary/aromatic N) is 1. The average molecular weight is 376 g/mol. The molecule has 2 rings (SSSR count). The molecule has 116 valence electrons. The molecule has 0 saturated carbocycles. The van der Waals surface area contributed by atoms with Crippen LogP contribution in [0, 0.1) is 0 Å². The Morgan fingerprint density at radius 3 is 2.81 bits per heavy atom. The SMILES string of the molecule is CCOC(=O)N1CCC(NCc2ccc(Br)c(Cl)c2)CC1. The van der Waals surface area contributed by atoms with Crippen molar-refractivity contribution in [2.75, 3.05) is 19.7 Å². The first-order valence-electron chi connectivity index (χ1n) is 7.19. The van der Waals surface area contributed by atoms with Crippen molar-refractivity contribution in [3.05, 3.63) is 33.3 Å². The van der Waals surface area contributed by atoms with Gasteiger partial charge >= 0.3 is 6.09 Å². The summed E-state index contributed by atoms with van der Waals surface area (Å²) in [4.78, 5) is 13.4. The van der Waals surface area contributed by atoms with Gasteiger partial charge in [0.15, 0.2) is 0 Å². The van der Waals surface area contributed by atoms with E-state index in [0.29, 0.717) is 12.6 Å². The van der Waals surface area contributed by atoms with Crippen LogP contribution in [0.4, 0.5) is 4.79 Å². The molecule has 0 unspecified atom stereocenters. The van der Waals surface area contributed by atoms with Crippen LogP contribution in [0.5, 0.6) is 0 Å². The Hall–Kier alpha value is -0.780. The quantitative estimate of drug-likeness (QED) is 0.870. The minimum absolute atomic E-state index is 0.198. The molecule has 1 N–H and O–H groups in total. The first-order chi connectivity index (χ1) is 10.1. The Bertz CT molecular complexity index is 491. The number of hydrogen-bond donors (Lipinski definition) is 1. The van der Waals surface area contributed by atoms with E-state index in [2.05, 4.69) is 27.3 Å². The summed E-state index contributed by atoms with van der Waals surface area (Å²) >= 11 is 9.47. The van der Waals surface area contributed by atoms with Gasteiger partial charge in [0.2, 0.25) is 0 Å². The minimum Gasteiger partial charge on any atom is -0.450 e. The lowest BCUT2D eigenvalue weighted by Crippen LogP contribution is -2.44. The van der Waals surface area contributed by atoms with Crippen LogP contribution in [0.1, 0.15) is 25.3 Å². The Balaban J connectivity index is 1.76. The van der Waals surface area contributed by atoms with E-state index in [0.717, 1.165) is 47.5 Å². The van der Waals surface area contributed by atoms with Gasteiger partial charge in [-0.25, -0.2) is 4.79 Å². The first-order valence-corrected chi connectivity index (χ1v) is 8.36. The van der Waals surface area contributed by atoms with Crippen LogP contribution in [0.3, 0.4) is 0 Å². The summed E-state index contributed by atoms with van der Waals surface area (Å²) in [5.74, 6) is 0. The van der Waals surface area contributed by atoms with Crippen molar-refractivity contribution in [2.45, 2.75) is 32.4 Å². The molecule has 21 heavy (non-hydrogen) atoms. The van der Waals surface area contributed by atoms with E-state index in [1.807, 2.05) is 19.1 Å². The highest BCUT2D eigenvalue weighted by Crippen LogP contribution is 2.23. The third kappa shape index (κ3) is 4.87. The summed E-state index contributed by atoms with van der Waals surface area (Å²) in [5.41, 5.74) is 1.16. The van der Waals surface area contributed by atoms with Gasteiger partial charge in [0.25, 0.3) is 0 Å². The number of hydrogen-bond acceptors (Lipinski definition) is 3. The standard InChI is InChI=1S/C15H20BrClN2O2/c1-2-21-15(20)19-7-5-12(6-8-19)18-10-11-3-4-13(16)14(17)9-11/h3-4,9,12,18H,2,5-8,10H2,1H3. The number of ether oxygens (including phenoxy) is 1. The van der Waals surface area contributed by atoms with Crippen LogP contribution in [0.15, 0.2) is 22.7 Å². The van der Waals surface area contributed by atoms with Crippen molar-refractivity contribution >= 4 is 33.6 Å². The fourth-order valence-electron chi connectivity index (χ4n) is 2.39. The number of benzene rings is 1. The van der Waals surface area contributed by atoms with Crippen molar-refractivity contribution in [3.63, 3.8) is 0 Å². The maximum absolute atomic E-state index is 11.6. The number of rotatable bonds is 4. The highest BCUT2D eigenvalue weighted by molar-refractivity contribution is 9.10. The number of carbonyl (C=O) groups is 1. The second-order valence-corrected chi connectivity index (χ2v) is 6.35. The summed E-state index contributed by atoms with van der Waals surface area (Å²) in [6.07, 6.45) is 1.70. The number of likely N-dealkylation sites (tertiary alicyclic amines) is 1. The summed E-state index contributed by atoms with van der Waals surface area (Å²) in [7, 11) is 0. The second kappa shape index (κ2) is 8.01. The molecule has 1 aliphatic heterocycles. The Labute approximate surface area is 138 Å². The molecule has 1 heterocycles. The van der Waals surface area contributed by atoms with Gasteiger partial charge in [0, 0.05) is 30.1 Å². The summed E-state index contributed by atoms with van der Waals surface area (Å²) in [6, 6.07) is 6.41. The second-order valence-electron chi connectivity index (χ2n) is 5.09. The lowest BCUT2D eigenvalue weighted by atomic mass is 10.0. The molecule has 0 aromatic heterocycles. The third-order valence-electron chi connectivity index (χ3n) is 3.60. The molecule has 1 amide bonds. The lowest BCUT2D eigenvalue weighted by molar-refractivity contribution is 0.0950. The summed E-state index contributed by atoms with van der Waals surface area (Å²) in [5, 5.41) is 4.25. The average Bonchev–Trinajstić information content (AvgIpc) is 2.49. The minimum atomic E-state index is -0.198. The van der Waals surface area contributed by atoms with E-state index in [1.54, 1.807) is 4.90 Å². The summed E-state index contributed by atoms with van der Waals surface area (Å²) < 4.78 is 5.93. The number of halogens is 2. The smallest absolute Gasteiger partial charge is 0.409 e. The maximum Gasteiger partial charge on any atom is 0.409 e. The third-order valence-corrected chi connectivity index (χ3v) is 4.83. The predicted molar refractivity (Wildman–Crippen MR) is 87.6 cm³/mol. The molecular weight excluding hydrogens is 356 g/mol. The highest BCUT2D eigenvalue weighted by Gasteiger charge is 2.23. The first kappa shape index (κ1) is 16.6. The van der Waals surface area contributed by atoms with Crippen LogP contribution in [0.2, 0.25) is 5.02 Å². The normalized spacial score (nSPS) is 16.0. The highest BCUT2D eigenvalue weighted by atomic mass is 79.9. The van der Waals surface area contributed by atoms with Crippen LogP contribution in [-0.4, -0.2) is 36.7 Å². The molecule has 1 aromatic rings. The molecule has 1 aromatic carbocycles. The zero-order valence-electron chi connectivity index (χ0n) is 12.1. The Morgan fingerprint density at radius 1 is 1.48 bits per heavy atom. The number of carbonyl (C=O) groups excluding carboxylic acids is 1.